The monoisotopic (exact) mass is 1160 g/mol. The molecule has 12 rings (SSSR count). The molecular formula is C62H77N13O8S. The molecule has 5 aliphatic heterocycles. The molecule has 2 aromatic carbocycles. The molecule has 4 aromatic heterocycles. The Morgan fingerprint density at radius 1 is 0.774 bits per heavy atom. The van der Waals surface area contributed by atoms with Crippen LogP contribution in [0.3, 0.4) is 0 Å². The molecule has 2 bridgehead atoms. The number of hydrogen-bond acceptors (Lipinski definition) is 18. The van der Waals surface area contributed by atoms with Crippen molar-refractivity contribution in [2.24, 2.45) is 17.8 Å². The van der Waals surface area contributed by atoms with E-state index < -0.39 is 18.1 Å². The third-order valence-corrected chi connectivity index (χ3v) is 19.0. The zero-order chi connectivity index (χ0) is 58.2. The molecule has 21 nitrogen and oxygen atoms in total. The number of urea groups is 1. The molecule has 1 saturated carbocycles. The van der Waals surface area contributed by atoms with Crippen molar-refractivity contribution in [2.75, 3.05) is 92.4 Å². The van der Waals surface area contributed by atoms with E-state index in [-0.39, 0.29) is 66.8 Å². The number of aliphatic hydroxyl groups excluding tert-OH is 1. The van der Waals surface area contributed by atoms with Crippen LogP contribution in [0.5, 0.6) is 11.6 Å². The molecule has 84 heavy (non-hydrogen) atoms. The lowest BCUT2D eigenvalue weighted by molar-refractivity contribution is -0.141. The quantitative estimate of drug-likeness (QED) is 0.0777. The second-order valence-electron chi connectivity index (χ2n) is 24.2. The number of nitrogens with two attached hydrogens (primary N) is 1. The summed E-state index contributed by atoms with van der Waals surface area (Å²) >= 11 is 1.59. The SMILES string of the molecule is Cc1ncsc1-c1ccc([C@H](C)NC(=O)[C@@H]2C[C@@H](O)CN2C(=O)[C@@H](c2cc(N3CCN(C(=O)N4CCC(OC5CC(Oc6cc(N7CC8CCC(C7)CN(c7cc(-c9ccccc9O)nnc7N)C8)ccn6)C5)CC4)CC3)no2)C(C)C)cc1. The van der Waals surface area contributed by atoms with Crippen molar-refractivity contribution in [1.82, 2.24) is 45.3 Å². The Balaban J connectivity index is 0.570. The van der Waals surface area contributed by atoms with E-state index in [0.29, 0.717) is 85.6 Å². The number of hydrogen-bond donors (Lipinski definition) is 4. The van der Waals surface area contributed by atoms with Gasteiger partial charge in [0.05, 0.1) is 51.8 Å². The van der Waals surface area contributed by atoms with Crippen molar-refractivity contribution in [3.05, 3.63) is 102 Å². The molecule has 6 aliphatic rings. The first-order valence-electron chi connectivity index (χ1n) is 29.9. The van der Waals surface area contributed by atoms with E-state index in [4.69, 9.17) is 19.7 Å². The first kappa shape index (κ1) is 56.9. The Morgan fingerprint density at radius 2 is 1.49 bits per heavy atom. The van der Waals surface area contributed by atoms with Gasteiger partial charge in [-0.15, -0.1) is 21.5 Å². The number of piperazine rings is 1. The Labute approximate surface area is 494 Å². The molecule has 9 heterocycles. The predicted molar refractivity (Wildman–Crippen MR) is 320 cm³/mol. The van der Waals surface area contributed by atoms with Gasteiger partial charge in [-0.1, -0.05) is 55.4 Å². The topological polar surface area (TPSA) is 245 Å². The lowest BCUT2D eigenvalue weighted by atomic mass is 9.91. The van der Waals surface area contributed by atoms with Crippen molar-refractivity contribution in [3.63, 3.8) is 0 Å². The van der Waals surface area contributed by atoms with Crippen LogP contribution in [0, 0.1) is 24.7 Å². The number of nitrogens with zero attached hydrogens (tertiary/aromatic N) is 11. The molecule has 0 radical (unpaired) electrons. The van der Waals surface area contributed by atoms with Crippen molar-refractivity contribution in [3.8, 4) is 33.3 Å². The predicted octanol–water partition coefficient (Wildman–Crippen LogP) is 7.51. The summed E-state index contributed by atoms with van der Waals surface area (Å²) in [5.74, 6) is 1.51. The number of likely N-dealkylation sites (tertiary alicyclic amines) is 2. The van der Waals surface area contributed by atoms with Gasteiger partial charge in [0.15, 0.2) is 17.4 Å². The van der Waals surface area contributed by atoms with Crippen LogP contribution in [0.4, 0.5) is 27.8 Å². The van der Waals surface area contributed by atoms with E-state index in [2.05, 4.69) is 57.5 Å². The minimum atomic E-state index is -0.840. The van der Waals surface area contributed by atoms with Crippen molar-refractivity contribution in [2.45, 2.75) is 115 Å². The number of benzene rings is 2. The number of fused-ring (bicyclic) bond motifs is 3. The van der Waals surface area contributed by atoms with Gasteiger partial charge in [-0.3, -0.25) is 9.59 Å². The smallest absolute Gasteiger partial charge is 0.320 e. The van der Waals surface area contributed by atoms with E-state index in [0.717, 1.165) is 97.8 Å². The van der Waals surface area contributed by atoms with Crippen LogP contribution in [0.15, 0.2) is 89.0 Å². The average molecular weight is 1160 g/mol. The second kappa shape index (κ2) is 24.6. The standard InChI is InChI=1S/C62H77N13O8S/c1-37(2)57(61(79)75-35-45(76)26-52(75)60(78)66-38(3)42-11-13-43(14-12-42)58-39(4)65-36-84-58)54-30-55(69-83-54)70-21-23-72(24-22-70)62(80)71-19-16-46(17-20-71)81-47-27-48(28-47)82-56-25-44(15-18-64-56)73-31-40-9-10-41(32-73)34-74(33-40)51-29-50(67-68-59(51)63)49-7-5-6-8-53(49)77/h5-8,11-15,18,25,29-30,36-38,40-41,45-48,52,57,76-77H,9-10,16-17,19-24,26-28,31-35H2,1-4H3,(H2,63,68)(H,66,78)/t38-,40?,41?,45+,47?,48?,52-,57+/m0/s1. The Morgan fingerprint density at radius 3 is 2.19 bits per heavy atom. The van der Waals surface area contributed by atoms with Gasteiger partial charge in [0.25, 0.3) is 0 Å². The summed E-state index contributed by atoms with van der Waals surface area (Å²) in [6.07, 6.45) is 6.78. The zero-order valence-corrected chi connectivity index (χ0v) is 49.1. The van der Waals surface area contributed by atoms with Gasteiger partial charge < -0.3 is 64.7 Å². The molecule has 4 amide bonds. The van der Waals surface area contributed by atoms with E-state index in [1.165, 1.54) is 4.90 Å². The van der Waals surface area contributed by atoms with E-state index in [1.54, 1.807) is 23.5 Å². The fraction of sp³-hybridized carbons (Fsp3) is 0.516. The van der Waals surface area contributed by atoms with Gasteiger partial charge in [0.1, 0.15) is 23.8 Å². The molecule has 6 fully saturated rings. The van der Waals surface area contributed by atoms with Crippen LogP contribution < -0.4 is 30.5 Å². The maximum atomic E-state index is 14.4. The number of amides is 4. The molecule has 6 aromatic rings. The number of nitrogen functional groups attached to an aromatic ring is 1. The Bertz CT molecular complexity index is 3270. The largest absolute Gasteiger partial charge is 0.507 e. The summed E-state index contributed by atoms with van der Waals surface area (Å²) in [4.78, 5) is 64.4. The number of aromatic nitrogens is 5. The summed E-state index contributed by atoms with van der Waals surface area (Å²) in [6.45, 7) is 14.7. The number of ether oxygens (including phenoxy) is 2. The van der Waals surface area contributed by atoms with Crippen LogP contribution in [0.25, 0.3) is 21.7 Å². The van der Waals surface area contributed by atoms with Gasteiger partial charge in [-0.05, 0) is 92.7 Å². The molecule has 1 aliphatic carbocycles. The fourth-order valence-corrected chi connectivity index (χ4v) is 14.1. The average Bonchev–Trinajstić information content (AvgIpc) is 3.52. The third-order valence-electron chi connectivity index (χ3n) is 18.0. The summed E-state index contributed by atoms with van der Waals surface area (Å²) < 4.78 is 18.9. The van der Waals surface area contributed by atoms with Crippen LogP contribution >= 0.6 is 11.3 Å². The summed E-state index contributed by atoms with van der Waals surface area (Å²) in [5, 5.41) is 37.4. The number of phenolic OH excluding ortho intramolecular Hbond substituents is 1. The maximum absolute atomic E-state index is 14.4. The molecule has 5 saturated heterocycles. The lowest BCUT2D eigenvalue weighted by Crippen LogP contribution is -2.55. The van der Waals surface area contributed by atoms with Gasteiger partial charge in [0.2, 0.25) is 17.7 Å². The number of nitrogens with one attached hydrogen (secondary N) is 1. The number of aryl methyl sites for hydroxylation is 1. The number of phenols is 1. The third kappa shape index (κ3) is 12.3. The van der Waals surface area contributed by atoms with E-state index in [1.807, 2.05) is 97.7 Å². The number of thiazole rings is 1. The molecule has 5 N–H and O–H groups in total. The highest BCUT2D eigenvalue weighted by atomic mass is 32.1. The van der Waals surface area contributed by atoms with Crippen molar-refractivity contribution < 1.29 is 38.6 Å². The van der Waals surface area contributed by atoms with Gasteiger partial charge in [-0.25, -0.2) is 14.8 Å². The number of carbonyl (C=O) groups excluding carboxylic acids is 3. The molecule has 0 spiro atoms. The Kier molecular flexibility index (Phi) is 16.6. The number of anilines is 4. The number of β-amino-alcohol motifs (C(OH)–C–C–N with tert-alkyl or cyclic N) is 1. The first-order valence-corrected chi connectivity index (χ1v) is 30.8. The van der Waals surface area contributed by atoms with Crippen LogP contribution in [-0.2, 0) is 14.3 Å². The second-order valence-corrected chi connectivity index (χ2v) is 25.1. The highest BCUT2D eigenvalue weighted by Crippen LogP contribution is 2.39. The molecule has 22 heteroatoms. The molecule has 6 atom stereocenters. The van der Waals surface area contributed by atoms with E-state index >= 15 is 0 Å². The van der Waals surface area contributed by atoms with Gasteiger partial charge in [-0.2, -0.15) is 0 Å². The maximum Gasteiger partial charge on any atom is 0.320 e. The lowest BCUT2D eigenvalue weighted by Gasteiger charge is -2.41. The van der Waals surface area contributed by atoms with Gasteiger partial charge in [0, 0.05) is 121 Å². The molecule has 2 unspecified atom stereocenters. The van der Waals surface area contributed by atoms with Crippen LogP contribution in [0.2, 0.25) is 0 Å². The fourth-order valence-electron chi connectivity index (χ4n) is 13.2. The summed E-state index contributed by atoms with van der Waals surface area (Å²) in [6, 6.07) is 22.0. The van der Waals surface area contributed by atoms with Crippen molar-refractivity contribution in [1.29, 1.82) is 0 Å². The minimum absolute atomic E-state index is 0.0302. The number of aromatic hydroxyl groups is 1. The van der Waals surface area contributed by atoms with Crippen LogP contribution in [-0.4, -0.2) is 171 Å². The highest BCUT2D eigenvalue weighted by Gasteiger charge is 2.44. The number of rotatable bonds is 15. The number of piperidine rings is 1. The number of carbonyl (C=O) groups is 3. The van der Waals surface area contributed by atoms with Crippen LogP contribution in [0.1, 0.15) is 94.7 Å². The minimum Gasteiger partial charge on any atom is -0.507 e. The highest BCUT2D eigenvalue weighted by molar-refractivity contribution is 7.13. The first-order chi connectivity index (χ1) is 40.7. The Hall–Kier alpha value is -7.56. The summed E-state index contributed by atoms with van der Waals surface area (Å²) in [5.41, 5.74) is 14.5. The van der Waals surface area contributed by atoms with Crippen molar-refractivity contribution >= 4 is 52.2 Å². The van der Waals surface area contributed by atoms with Gasteiger partial charge >= 0.3 is 6.03 Å². The number of pyridine rings is 1. The molecular weight excluding hydrogens is 1090 g/mol. The zero-order valence-electron chi connectivity index (χ0n) is 48.3. The molecule has 444 valence electrons. The number of para-hydroxylation sites is 1. The number of aliphatic hydroxyl groups is 1. The summed E-state index contributed by atoms with van der Waals surface area (Å²) in [7, 11) is 0. The normalized spacial score (nSPS) is 23.7. The van der Waals surface area contributed by atoms with E-state index in [9.17, 15) is 24.6 Å².